The number of benzene rings is 6. The zero-order valence-corrected chi connectivity index (χ0v) is 54.3. The number of likely N-dealkylation sites (tertiary alicyclic amines) is 1. The lowest BCUT2D eigenvalue weighted by atomic mass is 10.1. The number of aromatic amines is 3. The first-order valence-electron chi connectivity index (χ1n) is 28.4. The molecule has 22 nitrogen and oxygen atoms in total. The second kappa shape index (κ2) is 31.6. The van der Waals surface area contributed by atoms with E-state index in [-0.39, 0.29) is 79.8 Å². The van der Waals surface area contributed by atoms with Crippen LogP contribution in [0.2, 0.25) is 0 Å². The molecule has 0 saturated carbocycles. The van der Waals surface area contributed by atoms with Crippen molar-refractivity contribution >= 4 is 136 Å². The number of nitrogen functional groups attached to an aromatic ring is 1. The molecule has 520 valence electrons. The Labute approximate surface area is 560 Å². The summed E-state index contributed by atoms with van der Waals surface area (Å²) in [6.45, 7) is 4.89. The number of rotatable bonds is 16. The summed E-state index contributed by atoms with van der Waals surface area (Å²) in [6.07, 6.45) is -7.62. The normalized spacial score (nSPS) is 12.9. The number of halogens is 11. The predicted octanol–water partition coefficient (Wildman–Crippen LogP) is 11.9. The number of nitrogens with one attached hydrogen (secondary N) is 8. The summed E-state index contributed by atoms with van der Waals surface area (Å²) in [6, 6.07) is 26.8. The lowest BCUT2D eigenvalue weighted by molar-refractivity contribution is -0.138. The van der Waals surface area contributed by atoms with Gasteiger partial charge in [-0.2, -0.15) is 39.5 Å². The predicted molar refractivity (Wildman–Crippen MR) is 357 cm³/mol. The van der Waals surface area contributed by atoms with Gasteiger partial charge in [-0.1, -0.05) is 49.4 Å². The molecule has 0 atom stereocenters. The number of amides is 3. The molecule has 3 aromatic heterocycles. The van der Waals surface area contributed by atoms with E-state index in [2.05, 4.69) is 42.2 Å². The largest absolute Gasteiger partial charge is 0.416 e. The first-order chi connectivity index (χ1) is 45.8. The maximum Gasteiger partial charge on any atom is 0.416 e. The van der Waals surface area contributed by atoms with Gasteiger partial charge in [0.05, 0.1) is 39.6 Å². The number of alkyl halides is 10. The Bertz CT molecular complexity index is 5030. The highest BCUT2D eigenvalue weighted by atomic mass is 35.7. The second-order valence-corrected chi connectivity index (χ2v) is 27.8. The number of hydrogen-bond donors (Lipinski definition) is 9. The standard InChI is InChI=1S/C24H25F3N4O4S.C19H14F3N3O4S.C17H12F3N3O2.C2H4Cl2O2S/c25-24(26,27)16-12-17(29-23(33)20-15-28-21-7-3-2-6-19(21)22(20)32)14-18(13-16)30-36(34,35)11-10-31-8-4-1-5-9-31;1-2-30(28,29)25-13-8-11(19(20,21)22)7-12(9-13)24-18(27)15-10-23-16-6-4-3-5-14(16)17(15)26;18-17(19,20)9-5-10(21)7-11(6-9)23-16(25)13-8-22-14-4-2-1-3-12(14)15(13)24;3-1-2-7(4,5)6/h2-3,6-7,12-15,30H,1,4-5,8-11H2,(H,28,32)(H,29,33);2-10,25H,1H2,(H,23,26)(H,24,27);1-8H,21H2,(H,22,24)(H,23,25);1-2H2. The first kappa shape index (κ1) is 75.6. The number of carbonyl (C=O) groups excluding carboxylic acids is 3. The number of piperidine rings is 1. The van der Waals surface area contributed by atoms with Crippen molar-refractivity contribution in [1.29, 1.82) is 0 Å². The zero-order valence-electron chi connectivity index (χ0n) is 50.3. The van der Waals surface area contributed by atoms with Crippen LogP contribution in [-0.2, 0) is 47.6 Å². The van der Waals surface area contributed by atoms with Gasteiger partial charge in [0, 0.05) is 103 Å². The number of nitrogens with two attached hydrogens (primary N) is 1. The molecule has 6 aromatic carbocycles. The zero-order chi connectivity index (χ0) is 72.1. The Morgan fingerprint density at radius 2 is 0.857 bits per heavy atom. The van der Waals surface area contributed by atoms with Gasteiger partial charge in [0.15, 0.2) is 0 Å². The van der Waals surface area contributed by atoms with Crippen LogP contribution in [0.3, 0.4) is 0 Å². The second-order valence-electron chi connectivity index (χ2n) is 21.1. The number of aromatic nitrogens is 3. The number of para-hydroxylation sites is 3. The number of pyridine rings is 3. The van der Waals surface area contributed by atoms with Crippen molar-refractivity contribution in [2.24, 2.45) is 0 Å². The molecule has 0 radical (unpaired) electrons. The molecule has 9 aromatic rings. The molecule has 0 bridgehead atoms. The molecule has 0 unspecified atom stereocenters. The molecule has 1 saturated heterocycles. The molecule has 10 N–H and O–H groups in total. The molecule has 4 heterocycles. The topological polar surface area (TPSA) is 342 Å². The van der Waals surface area contributed by atoms with Gasteiger partial charge in [-0.25, -0.2) is 25.3 Å². The van der Waals surface area contributed by atoms with Gasteiger partial charge in [-0.3, -0.25) is 38.2 Å². The highest BCUT2D eigenvalue weighted by molar-refractivity contribution is 8.13. The summed E-state index contributed by atoms with van der Waals surface area (Å²) in [5.74, 6) is -3.09. The summed E-state index contributed by atoms with van der Waals surface area (Å²) in [5.41, 5.74) is -0.653. The minimum absolute atomic E-state index is 0.0613. The van der Waals surface area contributed by atoms with Gasteiger partial charge in [0.2, 0.25) is 35.4 Å². The Morgan fingerprint density at radius 1 is 0.510 bits per heavy atom. The molecule has 1 fully saturated rings. The molecular formula is C62H55Cl2F9N10O12S3. The molecule has 3 amide bonds. The van der Waals surface area contributed by atoms with Crippen molar-refractivity contribution in [1.82, 2.24) is 19.9 Å². The summed E-state index contributed by atoms with van der Waals surface area (Å²) >= 11 is 5.02. The van der Waals surface area contributed by atoms with Gasteiger partial charge in [0.1, 0.15) is 16.7 Å². The molecule has 1 aliphatic rings. The van der Waals surface area contributed by atoms with Crippen LogP contribution in [0.25, 0.3) is 32.7 Å². The minimum atomic E-state index is -4.81. The highest BCUT2D eigenvalue weighted by Gasteiger charge is 2.34. The minimum Gasteiger partial charge on any atom is -0.399 e. The van der Waals surface area contributed by atoms with Gasteiger partial charge in [0.25, 0.3) is 27.7 Å². The van der Waals surface area contributed by atoms with E-state index in [9.17, 15) is 93.5 Å². The number of hydrogen-bond acceptors (Lipinski definition) is 14. The monoisotopic (exact) mass is 1470 g/mol. The van der Waals surface area contributed by atoms with Crippen molar-refractivity contribution in [3.63, 3.8) is 0 Å². The summed E-state index contributed by atoms with van der Waals surface area (Å²) in [5, 5.41) is 8.07. The average Bonchev–Trinajstić information content (AvgIpc) is 0.815. The van der Waals surface area contributed by atoms with Crippen molar-refractivity contribution in [2.45, 2.75) is 37.8 Å². The summed E-state index contributed by atoms with van der Waals surface area (Å²) in [4.78, 5) is 85.5. The van der Waals surface area contributed by atoms with Crippen molar-refractivity contribution in [3.8, 4) is 0 Å². The SMILES string of the molecule is C=CS(=O)(=O)Nc1cc(NC(=O)c2c[nH]c3ccccc3c2=O)cc(C(F)(F)F)c1.Nc1cc(NC(=O)c2c[nH]c3ccccc3c2=O)cc(C(F)(F)F)c1.O=C(Nc1cc(NS(=O)(=O)CCN2CCCCC2)cc(C(F)(F)F)c1)c1c[nH]c2ccccc2c1=O.O=S(=O)(Cl)CCCl. The van der Waals surface area contributed by atoms with E-state index >= 15 is 0 Å². The van der Waals surface area contributed by atoms with E-state index in [1.54, 1.807) is 60.7 Å². The van der Waals surface area contributed by atoms with Gasteiger partial charge in [-0.15, -0.1) is 11.6 Å². The summed E-state index contributed by atoms with van der Waals surface area (Å²) in [7, 11) is -6.65. The fourth-order valence-corrected chi connectivity index (χ4v) is 12.2. The van der Waals surface area contributed by atoms with E-state index in [0.717, 1.165) is 62.8 Å². The average molecular weight is 1470 g/mol. The van der Waals surface area contributed by atoms with E-state index in [0.29, 0.717) is 51.6 Å². The maximum absolute atomic E-state index is 13.5. The van der Waals surface area contributed by atoms with Crippen molar-refractivity contribution in [2.75, 3.05) is 68.1 Å². The van der Waals surface area contributed by atoms with Crippen LogP contribution >= 0.6 is 22.3 Å². The Hall–Kier alpha value is -9.74. The van der Waals surface area contributed by atoms with Crippen molar-refractivity contribution in [3.05, 3.63) is 222 Å². The number of carbonyl (C=O) groups is 3. The van der Waals surface area contributed by atoms with Crippen LogP contribution in [0.4, 0.5) is 73.6 Å². The number of sulfonamides is 2. The van der Waals surface area contributed by atoms with Gasteiger partial charge in [-0.05, 0) is 117 Å². The molecule has 36 heteroatoms. The number of fused-ring (bicyclic) bond motifs is 3. The summed E-state index contributed by atoms with van der Waals surface area (Å²) < 4.78 is 191. The van der Waals surface area contributed by atoms with Crippen molar-refractivity contribution < 1.29 is 79.2 Å². The molecule has 0 aliphatic carbocycles. The van der Waals surface area contributed by atoms with E-state index < -0.39 is 104 Å². The third-order valence-corrected chi connectivity index (χ3v) is 17.7. The van der Waals surface area contributed by atoms with E-state index in [4.69, 9.17) is 28.0 Å². The number of H-pyrrole nitrogens is 3. The third-order valence-electron chi connectivity index (χ3n) is 13.9. The Morgan fingerprint density at radius 3 is 1.20 bits per heavy atom. The van der Waals surface area contributed by atoms with Crippen LogP contribution < -0.4 is 47.4 Å². The Balaban J connectivity index is 0.000000200. The van der Waals surface area contributed by atoms with Gasteiger partial charge < -0.3 is 41.5 Å². The maximum atomic E-state index is 13.5. The number of nitrogens with zero attached hydrogens (tertiary/aromatic N) is 1. The first-order valence-corrected chi connectivity index (χ1v) is 34.6. The van der Waals surface area contributed by atoms with Crippen LogP contribution in [0, 0.1) is 0 Å². The fraction of sp³-hybridized carbons (Fsp3) is 0.194. The third kappa shape index (κ3) is 21.4. The number of anilines is 6. The van der Waals surface area contributed by atoms with Crippen LogP contribution in [0.15, 0.2) is 172 Å². The smallest absolute Gasteiger partial charge is 0.399 e. The van der Waals surface area contributed by atoms with Crippen LogP contribution in [-0.4, -0.2) is 99.8 Å². The highest BCUT2D eigenvalue weighted by Crippen LogP contribution is 2.36. The molecule has 0 spiro atoms. The van der Waals surface area contributed by atoms with Crippen LogP contribution in [0.5, 0.6) is 0 Å². The lowest BCUT2D eigenvalue weighted by Gasteiger charge is -2.26. The lowest BCUT2D eigenvalue weighted by Crippen LogP contribution is -2.35. The molecular weight excluding hydrogens is 1410 g/mol. The molecule has 1 aliphatic heterocycles. The van der Waals surface area contributed by atoms with E-state index in [1.807, 2.05) is 9.62 Å². The fourth-order valence-electron chi connectivity index (χ4n) is 9.30. The van der Waals surface area contributed by atoms with Crippen LogP contribution in [0.1, 0.15) is 67.0 Å². The molecule has 10 rings (SSSR count). The van der Waals surface area contributed by atoms with Gasteiger partial charge >= 0.3 is 18.5 Å². The van der Waals surface area contributed by atoms with E-state index in [1.165, 1.54) is 30.6 Å². The quantitative estimate of drug-likeness (QED) is 0.0188. The molecule has 98 heavy (non-hydrogen) atoms. The Kier molecular flexibility index (Phi) is 24.4.